The molecule has 122 valence electrons. The van der Waals surface area contributed by atoms with Crippen LogP contribution >= 0.6 is 0 Å². The molecule has 0 radical (unpaired) electrons. The number of aryl methyl sites for hydroxylation is 2. The summed E-state index contributed by atoms with van der Waals surface area (Å²) in [4.78, 5) is 36.4. The number of nitrogens with zero attached hydrogens (tertiary/aromatic N) is 2. The zero-order chi connectivity index (χ0) is 16.6. The molecule has 6 nitrogen and oxygen atoms in total. The summed E-state index contributed by atoms with van der Waals surface area (Å²) < 4.78 is 3.10. The zero-order valence-electron chi connectivity index (χ0n) is 13.1. The highest BCUT2D eigenvalue weighted by molar-refractivity contribution is 6.03. The molecule has 6 heteroatoms. The predicted molar refractivity (Wildman–Crippen MR) is 85.5 cm³/mol. The van der Waals surface area contributed by atoms with Crippen molar-refractivity contribution in [2.45, 2.75) is 38.1 Å². The number of imidazole rings is 1. The lowest BCUT2D eigenvalue weighted by molar-refractivity contribution is -0.132. The van der Waals surface area contributed by atoms with Crippen LogP contribution in [-0.4, -0.2) is 32.4 Å². The Morgan fingerprint density at radius 3 is 2.74 bits per heavy atom. The van der Waals surface area contributed by atoms with Crippen molar-refractivity contribution in [3.8, 4) is 0 Å². The van der Waals surface area contributed by atoms with Crippen molar-refractivity contribution in [1.29, 1.82) is 0 Å². The highest BCUT2D eigenvalue weighted by atomic mass is 16.3. The number of ketones is 2. The van der Waals surface area contributed by atoms with E-state index in [9.17, 15) is 14.4 Å². The van der Waals surface area contributed by atoms with Crippen molar-refractivity contribution in [1.82, 2.24) is 9.13 Å². The molecule has 1 aromatic heterocycles. The summed E-state index contributed by atoms with van der Waals surface area (Å²) in [6.45, 7) is 0.0915. The van der Waals surface area contributed by atoms with Gasteiger partial charge in [-0.3, -0.25) is 18.7 Å². The highest BCUT2D eigenvalue weighted by Gasteiger charge is 2.31. The van der Waals surface area contributed by atoms with E-state index in [4.69, 9.17) is 5.11 Å². The molecule has 0 saturated heterocycles. The van der Waals surface area contributed by atoms with E-state index in [-0.39, 0.29) is 30.3 Å². The molecule has 0 bridgehead atoms. The van der Waals surface area contributed by atoms with E-state index >= 15 is 0 Å². The lowest BCUT2D eigenvalue weighted by atomic mass is 9.92. The first-order chi connectivity index (χ1) is 11.0. The first-order valence-electron chi connectivity index (χ1n) is 7.88. The van der Waals surface area contributed by atoms with Crippen LogP contribution in [0.5, 0.6) is 0 Å². The lowest BCUT2D eigenvalue weighted by Gasteiger charge is -2.21. The fourth-order valence-corrected chi connectivity index (χ4v) is 3.42. The van der Waals surface area contributed by atoms with Crippen molar-refractivity contribution in [3.63, 3.8) is 0 Å². The number of Topliss-reactive ketones (excluding diaryl/α,β-unsaturated/α-hetero) is 2. The van der Waals surface area contributed by atoms with Gasteiger partial charge in [-0.05, 0) is 30.9 Å². The Morgan fingerprint density at radius 1 is 1.26 bits per heavy atom. The minimum atomic E-state index is -0.558. The quantitative estimate of drug-likeness (QED) is 0.857. The number of rotatable bonds is 4. The van der Waals surface area contributed by atoms with Gasteiger partial charge in [0.15, 0.2) is 5.78 Å². The van der Waals surface area contributed by atoms with Gasteiger partial charge in [0.2, 0.25) is 0 Å². The summed E-state index contributed by atoms with van der Waals surface area (Å²) in [6.07, 6.45) is 1.93. The van der Waals surface area contributed by atoms with Gasteiger partial charge in [0.25, 0.3) is 0 Å². The van der Waals surface area contributed by atoms with Crippen molar-refractivity contribution in [2.24, 2.45) is 7.05 Å². The third-order valence-electron chi connectivity index (χ3n) is 4.54. The number of carbonyl (C=O) groups excluding carboxylic acids is 2. The standard InChI is InChI=1S/C17H20N2O4/c1-18-16-11(5-3-9-20)4-2-6-14(16)19(17(18)23)13-8-7-12(21)10-15(13)22/h2,4,6,13,20H,3,5,7-10H2,1H3. The van der Waals surface area contributed by atoms with Crippen molar-refractivity contribution < 1.29 is 14.7 Å². The highest BCUT2D eigenvalue weighted by Crippen LogP contribution is 2.27. The van der Waals surface area contributed by atoms with Crippen LogP contribution in [0.15, 0.2) is 23.0 Å². The minimum absolute atomic E-state index is 0.0526. The number of fused-ring (bicyclic) bond motifs is 1. The predicted octanol–water partition coefficient (Wildman–Crippen LogP) is 1.13. The topological polar surface area (TPSA) is 81.3 Å². The summed E-state index contributed by atoms with van der Waals surface area (Å²) >= 11 is 0. The maximum Gasteiger partial charge on any atom is 0.329 e. The third-order valence-corrected chi connectivity index (χ3v) is 4.54. The van der Waals surface area contributed by atoms with E-state index in [2.05, 4.69) is 0 Å². The van der Waals surface area contributed by atoms with Crippen LogP contribution in [0.2, 0.25) is 0 Å². The van der Waals surface area contributed by atoms with Crippen LogP contribution in [0.25, 0.3) is 11.0 Å². The Balaban J connectivity index is 2.15. The average molecular weight is 316 g/mol. The molecule has 1 aliphatic rings. The Labute approximate surface area is 133 Å². The molecule has 1 aliphatic carbocycles. The number of hydrogen-bond acceptors (Lipinski definition) is 4. The van der Waals surface area contributed by atoms with E-state index in [0.717, 1.165) is 16.6 Å². The average Bonchev–Trinajstić information content (AvgIpc) is 2.78. The molecular weight excluding hydrogens is 296 g/mol. The third kappa shape index (κ3) is 2.63. The summed E-state index contributed by atoms with van der Waals surface area (Å²) in [5.41, 5.74) is 2.27. The van der Waals surface area contributed by atoms with Crippen molar-refractivity contribution in [3.05, 3.63) is 34.2 Å². The maximum absolute atomic E-state index is 12.7. The van der Waals surface area contributed by atoms with E-state index in [1.54, 1.807) is 11.6 Å². The molecule has 23 heavy (non-hydrogen) atoms. The maximum atomic E-state index is 12.7. The number of para-hydroxylation sites is 1. The van der Waals surface area contributed by atoms with Gasteiger partial charge in [-0.1, -0.05) is 12.1 Å². The molecule has 1 atom stereocenters. The monoisotopic (exact) mass is 316 g/mol. The first-order valence-corrected chi connectivity index (χ1v) is 7.88. The van der Waals surface area contributed by atoms with Crippen LogP contribution < -0.4 is 5.69 Å². The normalized spacial score (nSPS) is 18.8. The molecule has 1 fully saturated rings. The molecule has 0 aliphatic heterocycles. The van der Waals surface area contributed by atoms with Gasteiger partial charge in [0.1, 0.15) is 5.78 Å². The molecular formula is C17H20N2O4. The Bertz CT molecular complexity index is 831. The van der Waals surface area contributed by atoms with Crippen molar-refractivity contribution >= 4 is 22.6 Å². The summed E-state index contributed by atoms with van der Waals surface area (Å²) in [7, 11) is 1.70. The molecule has 1 N–H and O–H groups in total. The minimum Gasteiger partial charge on any atom is -0.396 e. The van der Waals surface area contributed by atoms with Gasteiger partial charge in [-0.2, -0.15) is 0 Å². The number of hydrogen-bond donors (Lipinski definition) is 1. The van der Waals surface area contributed by atoms with E-state index in [1.165, 1.54) is 4.57 Å². The SMILES string of the molecule is Cn1c(=O)n(C2CCC(=O)CC2=O)c2cccc(CCCO)c21. The number of benzene rings is 1. The number of aliphatic hydroxyl groups excluding tert-OH is 1. The first kappa shape index (κ1) is 15.7. The smallest absolute Gasteiger partial charge is 0.329 e. The van der Waals surface area contributed by atoms with Gasteiger partial charge < -0.3 is 5.11 Å². The van der Waals surface area contributed by atoms with Crippen LogP contribution in [0, 0.1) is 0 Å². The van der Waals surface area contributed by atoms with Gasteiger partial charge in [0, 0.05) is 20.1 Å². The van der Waals surface area contributed by atoms with Crippen LogP contribution in [0.3, 0.4) is 0 Å². The van der Waals surface area contributed by atoms with E-state index in [1.807, 2.05) is 18.2 Å². The summed E-state index contributed by atoms with van der Waals surface area (Å²) in [5.74, 6) is -0.236. The Hall–Kier alpha value is -2.21. The molecule has 1 heterocycles. The second-order valence-electron chi connectivity index (χ2n) is 6.06. The molecule has 0 amide bonds. The van der Waals surface area contributed by atoms with Crippen LogP contribution in [0.1, 0.15) is 37.3 Å². The summed E-state index contributed by atoms with van der Waals surface area (Å²) in [5, 5.41) is 9.04. The Morgan fingerprint density at radius 2 is 2.04 bits per heavy atom. The van der Waals surface area contributed by atoms with Gasteiger partial charge in [0.05, 0.1) is 23.5 Å². The Kier molecular flexibility index (Phi) is 4.17. The van der Waals surface area contributed by atoms with Crippen LogP contribution in [0.4, 0.5) is 0 Å². The van der Waals surface area contributed by atoms with E-state index in [0.29, 0.717) is 25.7 Å². The molecule has 1 saturated carbocycles. The molecule has 0 spiro atoms. The second kappa shape index (κ2) is 6.12. The van der Waals surface area contributed by atoms with Crippen molar-refractivity contribution in [2.75, 3.05) is 6.61 Å². The molecule has 2 aromatic rings. The number of aliphatic hydroxyl groups is 1. The van der Waals surface area contributed by atoms with Gasteiger partial charge >= 0.3 is 5.69 Å². The fraction of sp³-hybridized carbons (Fsp3) is 0.471. The van der Waals surface area contributed by atoms with Crippen LogP contribution in [-0.2, 0) is 23.1 Å². The zero-order valence-corrected chi connectivity index (χ0v) is 13.1. The second-order valence-corrected chi connectivity index (χ2v) is 6.06. The van der Waals surface area contributed by atoms with Gasteiger partial charge in [-0.25, -0.2) is 4.79 Å². The molecule has 1 aromatic carbocycles. The number of aromatic nitrogens is 2. The van der Waals surface area contributed by atoms with E-state index < -0.39 is 6.04 Å². The molecule has 3 rings (SSSR count). The summed E-state index contributed by atoms with van der Waals surface area (Å²) in [6, 6.07) is 5.08. The van der Waals surface area contributed by atoms with Gasteiger partial charge in [-0.15, -0.1) is 0 Å². The number of carbonyl (C=O) groups is 2. The molecule has 1 unspecified atom stereocenters. The lowest BCUT2D eigenvalue weighted by Crippen LogP contribution is -2.34. The fourth-order valence-electron chi connectivity index (χ4n) is 3.42. The largest absolute Gasteiger partial charge is 0.396 e.